The van der Waals surface area contributed by atoms with Crippen LogP contribution in [0, 0.1) is 19.8 Å². The van der Waals surface area contributed by atoms with Crippen LogP contribution in [0.5, 0.6) is 0 Å². The molecule has 3 heteroatoms. The zero-order valence-corrected chi connectivity index (χ0v) is 10.0. The number of aliphatic hydroxyl groups is 1. The maximum absolute atomic E-state index is 9.59. The van der Waals surface area contributed by atoms with Crippen LogP contribution in [-0.2, 0) is 6.54 Å². The highest BCUT2D eigenvalue weighted by molar-refractivity contribution is 5.19. The summed E-state index contributed by atoms with van der Waals surface area (Å²) < 4.78 is 5.42. The van der Waals surface area contributed by atoms with E-state index in [1.54, 1.807) is 0 Å². The van der Waals surface area contributed by atoms with E-state index in [2.05, 4.69) is 5.32 Å². The summed E-state index contributed by atoms with van der Waals surface area (Å²) in [6.45, 7) is 9.32. The smallest absolute Gasteiger partial charge is 0.105 e. The summed E-state index contributed by atoms with van der Waals surface area (Å²) in [5.74, 6) is 2.19. The highest BCUT2D eigenvalue weighted by Crippen LogP contribution is 2.13. The first kappa shape index (κ1) is 12.3. The first-order valence-corrected chi connectivity index (χ1v) is 5.45. The van der Waals surface area contributed by atoms with Gasteiger partial charge in [0.15, 0.2) is 0 Å². The fourth-order valence-electron chi connectivity index (χ4n) is 1.45. The molecule has 1 aromatic heterocycles. The summed E-state index contributed by atoms with van der Waals surface area (Å²) in [5.41, 5.74) is 1.17. The van der Waals surface area contributed by atoms with Gasteiger partial charge in [-0.3, -0.25) is 0 Å². The summed E-state index contributed by atoms with van der Waals surface area (Å²) in [6.07, 6.45) is -0.279. The number of hydrogen-bond acceptors (Lipinski definition) is 3. The Balaban J connectivity index is 2.35. The summed E-state index contributed by atoms with van der Waals surface area (Å²) in [6, 6.07) is 2.03. The van der Waals surface area contributed by atoms with E-state index in [9.17, 15) is 5.11 Å². The molecule has 1 aromatic rings. The molecule has 1 unspecified atom stereocenters. The Morgan fingerprint density at radius 1 is 1.40 bits per heavy atom. The lowest BCUT2D eigenvalue weighted by atomic mass is 10.1. The van der Waals surface area contributed by atoms with Crippen molar-refractivity contribution in [3.8, 4) is 0 Å². The van der Waals surface area contributed by atoms with E-state index < -0.39 is 0 Å². The van der Waals surface area contributed by atoms with Crippen LogP contribution >= 0.6 is 0 Å². The Kier molecular flexibility index (Phi) is 4.36. The average molecular weight is 211 g/mol. The fourth-order valence-corrected chi connectivity index (χ4v) is 1.45. The van der Waals surface area contributed by atoms with Crippen molar-refractivity contribution in [3.63, 3.8) is 0 Å². The van der Waals surface area contributed by atoms with E-state index in [1.807, 2.05) is 33.8 Å². The van der Waals surface area contributed by atoms with Gasteiger partial charge in [0.1, 0.15) is 11.5 Å². The Morgan fingerprint density at radius 2 is 2.07 bits per heavy atom. The lowest BCUT2D eigenvalue weighted by molar-refractivity contribution is 0.123. The molecule has 0 aliphatic heterocycles. The Bertz CT molecular complexity index is 305. The molecule has 0 aliphatic rings. The van der Waals surface area contributed by atoms with Gasteiger partial charge in [-0.1, -0.05) is 13.8 Å². The standard InChI is InChI=1S/C12H21NO2/c1-8(2)12(14)7-13-6-11-5-9(3)15-10(11)4/h5,8,12-14H,6-7H2,1-4H3. The van der Waals surface area contributed by atoms with Crippen molar-refractivity contribution in [3.05, 3.63) is 23.2 Å². The molecule has 0 amide bonds. The van der Waals surface area contributed by atoms with Crippen molar-refractivity contribution in [1.29, 1.82) is 0 Å². The van der Waals surface area contributed by atoms with Crippen LogP contribution in [0.2, 0.25) is 0 Å². The molecule has 0 spiro atoms. The molecule has 0 saturated heterocycles. The minimum Gasteiger partial charge on any atom is -0.466 e. The third-order valence-electron chi connectivity index (χ3n) is 2.58. The Morgan fingerprint density at radius 3 is 2.53 bits per heavy atom. The number of rotatable bonds is 5. The van der Waals surface area contributed by atoms with Gasteiger partial charge in [0.05, 0.1) is 6.10 Å². The number of aryl methyl sites for hydroxylation is 2. The summed E-state index contributed by atoms with van der Waals surface area (Å²) in [7, 11) is 0. The zero-order valence-electron chi connectivity index (χ0n) is 10.0. The molecular formula is C12H21NO2. The van der Waals surface area contributed by atoms with Gasteiger partial charge in [-0.15, -0.1) is 0 Å². The van der Waals surface area contributed by atoms with Gasteiger partial charge in [0, 0.05) is 18.7 Å². The molecule has 0 saturated carbocycles. The molecule has 86 valence electrons. The summed E-state index contributed by atoms with van der Waals surface area (Å²) >= 11 is 0. The molecule has 0 aromatic carbocycles. The number of furan rings is 1. The quantitative estimate of drug-likeness (QED) is 0.783. The maximum atomic E-state index is 9.59. The van der Waals surface area contributed by atoms with Gasteiger partial charge >= 0.3 is 0 Å². The first-order chi connectivity index (χ1) is 7.00. The molecule has 15 heavy (non-hydrogen) atoms. The number of aliphatic hydroxyl groups excluding tert-OH is 1. The van der Waals surface area contributed by atoms with Crippen LogP contribution in [-0.4, -0.2) is 17.8 Å². The van der Waals surface area contributed by atoms with E-state index in [0.717, 1.165) is 18.1 Å². The predicted octanol–water partition coefficient (Wildman–Crippen LogP) is 2.00. The first-order valence-electron chi connectivity index (χ1n) is 5.45. The normalized spacial score (nSPS) is 13.5. The van der Waals surface area contributed by atoms with Crippen LogP contribution < -0.4 is 5.32 Å². The van der Waals surface area contributed by atoms with Crippen molar-refractivity contribution in [1.82, 2.24) is 5.32 Å². The van der Waals surface area contributed by atoms with Gasteiger partial charge in [0.2, 0.25) is 0 Å². The highest BCUT2D eigenvalue weighted by atomic mass is 16.3. The topological polar surface area (TPSA) is 45.4 Å². The number of hydrogen-bond donors (Lipinski definition) is 2. The molecule has 1 rings (SSSR count). The minimum atomic E-state index is -0.279. The summed E-state index contributed by atoms with van der Waals surface area (Å²) in [5, 5.41) is 12.8. The highest BCUT2D eigenvalue weighted by Gasteiger charge is 2.09. The van der Waals surface area contributed by atoms with Crippen molar-refractivity contribution in [2.75, 3.05) is 6.54 Å². The molecule has 0 radical (unpaired) electrons. The van der Waals surface area contributed by atoms with Gasteiger partial charge < -0.3 is 14.8 Å². The van der Waals surface area contributed by atoms with Gasteiger partial charge in [-0.25, -0.2) is 0 Å². The average Bonchev–Trinajstić information content (AvgIpc) is 2.45. The largest absolute Gasteiger partial charge is 0.466 e. The van der Waals surface area contributed by atoms with E-state index >= 15 is 0 Å². The lowest BCUT2D eigenvalue weighted by Crippen LogP contribution is -2.30. The zero-order chi connectivity index (χ0) is 11.4. The van der Waals surface area contributed by atoms with E-state index in [-0.39, 0.29) is 6.10 Å². The van der Waals surface area contributed by atoms with Crippen molar-refractivity contribution < 1.29 is 9.52 Å². The monoisotopic (exact) mass is 211 g/mol. The summed E-state index contributed by atoms with van der Waals surface area (Å²) in [4.78, 5) is 0. The SMILES string of the molecule is Cc1cc(CNCC(O)C(C)C)c(C)o1. The van der Waals surface area contributed by atoms with E-state index in [0.29, 0.717) is 12.5 Å². The van der Waals surface area contributed by atoms with Crippen LogP contribution in [0.25, 0.3) is 0 Å². The van der Waals surface area contributed by atoms with E-state index in [1.165, 1.54) is 5.56 Å². The van der Waals surface area contributed by atoms with Crippen LogP contribution in [0.15, 0.2) is 10.5 Å². The molecule has 0 bridgehead atoms. The van der Waals surface area contributed by atoms with Crippen LogP contribution in [0.4, 0.5) is 0 Å². The Hall–Kier alpha value is -0.800. The van der Waals surface area contributed by atoms with Crippen LogP contribution in [0.1, 0.15) is 30.9 Å². The maximum Gasteiger partial charge on any atom is 0.105 e. The minimum absolute atomic E-state index is 0.279. The van der Waals surface area contributed by atoms with Crippen molar-refractivity contribution in [2.24, 2.45) is 5.92 Å². The molecular weight excluding hydrogens is 190 g/mol. The fraction of sp³-hybridized carbons (Fsp3) is 0.667. The third kappa shape index (κ3) is 3.68. The molecule has 3 nitrogen and oxygen atoms in total. The molecule has 0 fully saturated rings. The predicted molar refractivity (Wildman–Crippen MR) is 60.7 cm³/mol. The third-order valence-corrected chi connectivity index (χ3v) is 2.58. The lowest BCUT2D eigenvalue weighted by Gasteiger charge is -2.14. The molecule has 2 N–H and O–H groups in total. The molecule has 1 heterocycles. The molecule has 1 atom stereocenters. The Labute approximate surface area is 91.5 Å². The van der Waals surface area contributed by atoms with Gasteiger partial charge in [-0.2, -0.15) is 0 Å². The van der Waals surface area contributed by atoms with E-state index in [4.69, 9.17) is 4.42 Å². The second-order valence-electron chi connectivity index (χ2n) is 4.38. The number of nitrogens with one attached hydrogen (secondary N) is 1. The molecule has 0 aliphatic carbocycles. The second kappa shape index (κ2) is 5.33. The van der Waals surface area contributed by atoms with Crippen molar-refractivity contribution in [2.45, 2.75) is 40.3 Å². The van der Waals surface area contributed by atoms with Gasteiger partial charge in [0.25, 0.3) is 0 Å². The van der Waals surface area contributed by atoms with Crippen molar-refractivity contribution >= 4 is 0 Å². The second-order valence-corrected chi connectivity index (χ2v) is 4.38. The van der Waals surface area contributed by atoms with Crippen LogP contribution in [0.3, 0.4) is 0 Å². The van der Waals surface area contributed by atoms with Gasteiger partial charge in [-0.05, 0) is 25.8 Å².